The zero-order valence-electron chi connectivity index (χ0n) is 13.0. The Morgan fingerprint density at radius 2 is 1.91 bits per heavy atom. The van der Waals surface area contributed by atoms with Crippen LogP contribution in [0, 0.1) is 11.7 Å². The maximum absolute atomic E-state index is 13.8. The Morgan fingerprint density at radius 3 is 2.50 bits per heavy atom. The maximum atomic E-state index is 13.8. The van der Waals surface area contributed by atoms with Gasteiger partial charge in [-0.15, -0.1) is 24.0 Å². The minimum Gasteiger partial charge on any atom is -0.366 e. The number of anilines is 1. The van der Waals surface area contributed by atoms with E-state index < -0.39 is 0 Å². The van der Waals surface area contributed by atoms with Crippen LogP contribution in [0.1, 0.15) is 12.8 Å². The molecule has 0 atom stereocenters. The molecule has 0 aromatic heterocycles. The van der Waals surface area contributed by atoms with Crippen molar-refractivity contribution in [2.45, 2.75) is 12.8 Å². The quantitative estimate of drug-likeness (QED) is 0.465. The number of hydrogen-bond acceptors (Lipinski definition) is 2. The summed E-state index contributed by atoms with van der Waals surface area (Å²) in [4.78, 5) is 8.74. The molecule has 1 aliphatic carbocycles. The predicted octanol–water partition coefficient (Wildman–Crippen LogP) is 2.55. The third kappa shape index (κ3) is 4.24. The standard InChI is InChI=1S/C16H23FN4.HI/c1-18-16(19-12-13-6-7-13)21-10-8-20(9-11-21)15-5-3-2-4-14(15)17;/h2-5,13H,6-12H2,1H3,(H,18,19);1H. The van der Waals surface area contributed by atoms with Gasteiger partial charge in [0.2, 0.25) is 0 Å². The van der Waals surface area contributed by atoms with E-state index in [0.717, 1.165) is 44.6 Å². The van der Waals surface area contributed by atoms with Gasteiger partial charge in [-0.05, 0) is 30.9 Å². The van der Waals surface area contributed by atoms with Crippen LogP contribution in [0.25, 0.3) is 0 Å². The summed E-state index contributed by atoms with van der Waals surface area (Å²) in [7, 11) is 1.83. The smallest absolute Gasteiger partial charge is 0.193 e. The SMILES string of the molecule is CN=C(NCC1CC1)N1CCN(c2ccccc2F)CC1.I. The van der Waals surface area contributed by atoms with Crippen molar-refractivity contribution in [1.29, 1.82) is 0 Å². The van der Waals surface area contributed by atoms with Gasteiger partial charge in [-0.2, -0.15) is 0 Å². The van der Waals surface area contributed by atoms with E-state index in [1.807, 2.05) is 19.2 Å². The predicted molar refractivity (Wildman–Crippen MR) is 99.7 cm³/mol. The van der Waals surface area contributed by atoms with E-state index in [-0.39, 0.29) is 29.8 Å². The van der Waals surface area contributed by atoms with Gasteiger partial charge in [0.05, 0.1) is 5.69 Å². The van der Waals surface area contributed by atoms with Crippen LogP contribution in [0.15, 0.2) is 29.3 Å². The molecule has 2 aliphatic rings. The number of hydrogen-bond donors (Lipinski definition) is 1. The Kier molecular flexibility index (Phi) is 6.28. The first-order valence-corrected chi connectivity index (χ1v) is 7.73. The van der Waals surface area contributed by atoms with E-state index in [9.17, 15) is 4.39 Å². The molecule has 0 spiro atoms. The molecule has 1 saturated heterocycles. The molecule has 22 heavy (non-hydrogen) atoms. The first kappa shape index (κ1) is 17.3. The third-order valence-corrected chi connectivity index (χ3v) is 4.23. The van der Waals surface area contributed by atoms with Crippen molar-refractivity contribution in [3.8, 4) is 0 Å². The molecule has 4 nitrogen and oxygen atoms in total. The van der Waals surface area contributed by atoms with E-state index in [1.54, 1.807) is 6.07 Å². The van der Waals surface area contributed by atoms with Crippen LogP contribution in [0.4, 0.5) is 10.1 Å². The number of benzene rings is 1. The van der Waals surface area contributed by atoms with Crippen molar-refractivity contribution in [3.05, 3.63) is 30.1 Å². The molecular formula is C16H24FIN4. The van der Waals surface area contributed by atoms with Gasteiger partial charge in [0.25, 0.3) is 0 Å². The highest BCUT2D eigenvalue weighted by Gasteiger charge is 2.24. The fourth-order valence-corrected chi connectivity index (χ4v) is 2.76. The zero-order chi connectivity index (χ0) is 14.7. The van der Waals surface area contributed by atoms with Gasteiger partial charge in [0, 0.05) is 39.8 Å². The second-order valence-electron chi connectivity index (χ2n) is 5.80. The number of rotatable bonds is 3. The van der Waals surface area contributed by atoms with E-state index >= 15 is 0 Å². The summed E-state index contributed by atoms with van der Waals surface area (Å²) in [5.74, 6) is 1.68. The van der Waals surface area contributed by atoms with Crippen molar-refractivity contribution in [2.75, 3.05) is 44.7 Å². The van der Waals surface area contributed by atoms with Crippen LogP contribution in [-0.4, -0.2) is 50.6 Å². The van der Waals surface area contributed by atoms with Crippen molar-refractivity contribution in [3.63, 3.8) is 0 Å². The van der Waals surface area contributed by atoms with E-state index in [4.69, 9.17) is 0 Å². The van der Waals surface area contributed by atoms with Crippen LogP contribution < -0.4 is 10.2 Å². The first-order valence-electron chi connectivity index (χ1n) is 7.73. The Hall–Kier alpha value is -1.05. The first-order chi connectivity index (χ1) is 10.3. The van der Waals surface area contributed by atoms with Gasteiger partial charge in [-0.3, -0.25) is 4.99 Å². The lowest BCUT2D eigenvalue weighted by Gasteiger charge is -2.37. The maximum Gasteiger partial charge on any atom is 0.193 e. The number of nitrogens with one attached hydrogen (secondary N) is 1. The molecule has 6 heteroatoms. The Bertz CT molecular complexity index is 511. The second kappa shape index (κ2) is 7.99. The van der Waals surface area contributed by atoms with Gasteiger partial charge in [0.15, 0.2) is 5.96 Å². The second-order valence-corrected chi connectivity index (χ2v) is 5.80. The summed E-state index contributed by atoms with van der Waals surface area (Å²) in [5.41, 5.74) is 0.707. The van der Waals surface area contributed by atoms with E-state index in [2.05, 4.69) is 20.1 Å². The molecule has 0 unspecified atom stereocenters. The number of para-hydroxylation sites is 1. The van der Waals surface area contributed by atoms with Crippen molar-refractivity contribution < 1.29 is 4.39 Å². The minimum atomic E-state index is -0.137. The normalized spacial score (nSPS) is 18.9. The zero-order valence-corrected chi connectivity index (χ0v) is 15.3. The number of nitrogens with zero attached hydrogens (tertiary/aromatic N) is 3. The van der Waals surface area contributed by atoms with Gasteiger partial charge in [-0.25, -0.2) is 4.39 Å². The fraction of sp³-hybridized carbons (Fsp3) is 0.562. The molecule has 3 rings (SSSR count). The number of aliphatic imine (C=N–C) groups is 1. The molecular weight excluding hydrogens is 394 g/mol. The van der Waals surface area contributed by atoms with Crippen molar-refractivity contribution in [2.24, 2.45) is 10.9 Å². The van der Waals surface area contributed by atoms with Crippen LogP contribution in [0.3, 0.4) is 0 Å². The summed E-state index contributed by atoms with van der Waals surface area (Å²) in [6, 6.07) is 7.00. The van der Waals surface area contributed by atoms with Crippen molar-refractivity contribution >= 4 is 35.6 Å². The molecule has 122 valence electrons. The van der Waals surface area contributed by atoms with Crippen LogP contribution in [-0.2, 0) is 0 Å². The molecule has 2 fully saturated rings. The monoisotopic (exact) mass is 418 g/mol. The van der Waals surface area contributed by atoms with Gasteiger partial charge >= 0.3 is 0 Å². The highest BCUT2D eigenvalue weighted by molar-refractivity contribution is 14.0. The van der Waals surface area contributed by atoms with E-state index in [1.165, 1.54) is 18.9 Å². The number of guanidine groups is 1. The lowest BCUT2D eigenvalue weighted by Crippen LogP contribution is -2.53. The van der Waals surface area contributed by atoms with Gasteiger partial charge in [-0.1, -0.05) is 12.1 Å². The Balaban J connectivity index is 0.00000176. The van der Waals surface area contributed by atoms with E-state index in [0.29, 0.717) is 5.69 Å². The highest BCUT2D eigenvalue weighted by atomic mass is 127. The summed E-state index contributed by atoms with van der Waals surface area (Å²) >= 11 is 0. The summed E-state index contributed by atoms with van der Waals surface area (Å²) < 4.78 is 13.8. The number of piperazine rings is 1. The lowest BCUT2D eigenvalue weighted by molar-refractivity contribution is 0.370. The molecule has 0 amide bonds. The highest BCUT2D eigenvalue weighted by Crippen LogP contribution is 2.27. The Morgan fingerprint density at radius 1 is 1.23 bits per heavy atom. The summed E-state index contributed by atoms with van der Waals surface area (Å²) in [6.45, 7) is 4.42. The largest absolute Gasteiger partial charge is 0.366 e. The average Bonchev–Trinajstić information content (AvgIpc) is 3.33. The molecule has 1 aliphatic heterocycles. The van der Waals surface area contributed by atoms with Gasteiger partial charge in [0.1, 0.15) is 5.82 Å². The average molecular weight is 418 g/mol. The summed E-state index contributed by atoms with van der Waals surface area (Å²) in [6.07, 6.45) is 2.68. The summed E-state index contributed by atoms with van der Waals surface area (Å²) in [5, 5.41) is 3.45. The van der Waals surface area contributed by atoms with Crippen LogP contribution >= 0.6 is 24.0 Å². The molecule has 1 heterocycles. The van der Waals surface area contributed by atoms with Crippen LogP contribution in [0.2, 0.25) is 0 Å². The molecule has 1 saturated carbocycles. The van der Waals surface area contributed by atoms with Crippen LogP contribution in [0.5, 0.6) is 0 Å². The Labute approximate surface area is 148 Å². The molecule has 1 aromatic carbocycles. The lowest BCUT2D eigenvalue weighted by atomic mass is 10.2. The molecule has 1 aromatic rings. The number of halogens is 2. The third-order valence-electron chi connectivity index (χ3n) is 4.23. The fourth-order valence-electron chi connectivity index (χ4n) is 2.76. The van der Waals surface area contributed by atoms with Gasteiger partial charge < -0.3 is 15.1 Å². The molecule has 1 N–H and O–H groups in total. The minimum absolute atomic E-state index is 0. The van der Waals surface area contributed by atoms with Crippen molar-refractivity contribution in [1.82, 2.24) is 10.2 Å². The molecule has 0 bridgehead atoms. The topological polar surface area (TPSA) is 30.9 Å². The molecule has 0 radical (unpaired) electrons.